The van der Waals surface area contributed by atoms with E-state index >= 15 is 0 Å². The van der Waals surface area contributed by atoms with Gasteiger partial charge in [-0.1, -0.05) is 36.4 Å². The van der Waals surface area contributed by atoms with Crippen molar-refractivity contribution in [3.63, 3.8) is 0 Å². The van der Waals surface area contributed by atoms with Crippen LogP contribution in [0.3, 0.4) is 0 Å². The van der Waals surface area contributed by atoms with Crippen LogP contribution in [-0.2, 0) is 22.6 Å². The summed E-state index contributed by atoms with van der Waals surface area (Å²) < 4.78 is 1.31. The first-order valence-electron chi connectivity index (χ1n) is 11.7. The van der Waals surface area contributed by atoms with Crippen LogP contribution >= 0.6 is 12.2 Å². The summed E-state index contributed by atoms with van der Waals surface area (Å²) >= 11 is 5.11. The van der Waals surface area contributed by atoms with Crippen molar-refractivity contribution in [3.8, 4) is 0 Å². The van der Waals surface area contributed by atoms with E-state index in [1.807, 2.05) is 30.3 Å². The number of nitrogens with zero attached hydrogens (tertiary/aromatic N) is 2. The number of thiocarbonyl (C=S) groups is 1. The van der Waals surface area contributed by atoms with Gasteiger partial charge in [0.2, 0.25) is 11.8 Å². The van der Waals surface area contributed by atoms with Crippen molar-refractivity contribution in [2.75, 3.05) is 13.1 Å². The third kappa shape index (κ3) is 5.75. The van der Waals surface area contributed by atoms with Crippen LogP contribution in [0.4, 0.5) is 0 Å². The minimum atomic E-state index is -0.975. The number of aryl methyl sites for hydroxylation is 1. The van der Waals surface area contributed by atoms with Gasteiger partial charge in [-0.2, -0.15) is 0 Å². The van der Waals surface area contributed by atoms with Crippen LogP contribution in [0, 0.1) is 0 Å². The molecule has 0 bridgehead atoms. The van der Waals surface area contributed by atoms with E-state index in [9.17, 15) is 24.0 Å². The molecule has 3 aromatic rings. The fraction of sp³-hybridized carbons (Fsp3) is 0.280. The highest BCUT2D eigenvalue weighted by Gasteiger charge is 2.25. The number of para-hydroxylation sites is 1. The van der Waals surface area contributed by atoms with E-state index in [0.29, 0.717) is 30.0 Å². The molecule has 37 heavy (non-hydrogen) atoms. The van der Waals surface area contributed by atoms with Crippen molar-refractivity contribution in [2.45, 2.75) is 31.8 Å². The number of unbranched alkanes of at least 4 members (excludes halogenated alkanes) is 1. The molecule has 11 nitrogen and oxygen atoms in total. The van der Waals surface area contributed by atoms with Gasteiger partial charge in [0.05, 0.1) is 23.1 Å². The summed E-state index contributed by atoms with van der Waals surface area (Å²) in [5.74, 6) is -1.42. The van der Waals surface area contributed by atoms with Crippen molar-refractivity contribution in [2.24, 2.45) is 5.73 Å². The van der Waals surface area contributed by atoms with Gasteiger partial charge in [-0.05, 0) is 42.8 Å². The first-order valence-corrected chi connectivity index (χ1v) is 12.1. The van der Waals surface area contributed by atoms with Gasteiger partial charge in [0, 0.05) is 19.5 Å². The second-order valence-electron chi connectivity index (χ2n) is 8.64. The number of aromatic amines is 1. The number of rotatable bonds is 10. The number of hydrogen-bond acceptors (Lipinski definition) is 6. The summed E-state index contributed by atoms with van der Waals surface area (Å²) in [6, 6.07) is 12.9. The lowest BCUT2D eigenvalue weighted by atomic mass is 10.0. The summed E-state index contributed by atoms with van der Waals surface area (Å²) in [5.41, 5.74) is 5.36. The molecule has 1 aliphatic heterocycles. The molecular weight excluding hydrogens is 496 g/mol. The minimum Gasteiger partial charge on any atom is -0.368 e. The number of benzene rings is 2. The number of primary amides is 1. The lowest BCUT2D eigenvalue weighted by molar-refractivity contribution is -0.124. The van der Waals surface area contributed by atoms with Crippen LogP contribution in [0.2, 0.25) is 0 Å². The lowest BCUT2D eigenvalue weighted by Crippen LogP contribution is -2.46. The standard InChI is InChI=1S/C25H26N6O5S/c26-21(33)17(13-15-7-2-1-3-8-15)28-22(34)16-9-6-10-18-20(16)29-23(35)24(36)30(18)11-4-5-12-31-19(32)14-27-25(31)37/h1-3,6-10,17H,4-5,11-14H2,(H2,26,33)(H,27,37)(H,28,34)(H,29,35)/t17-/m0/s1. The Bertz CT molecular complexity index is 1470. The maximum Gasteiger partial charge on any atom is 0.316 e. The second kappa shape index (κ2) is 11.2. The monoisotopic (exact) mass is 522 g/mol. The molecule has 0 spiro atoms. The maximum atomic E-state index is 13.2. The lowest BCUT2D eigenvalue weighted by Gasteiger charge is -2.17. The average Bonchev–Trinajstić information content (AvgIpc) is 3.20. The van der Waals surface area contributed by atoms with Crippen molar-refractivity contribution < 1.29 is 14.4 Å². The molecule has 0 unspecified atom stereocenters. The number of nitrogens with one attached hydrogen (secondary N) is 3. The number of amides is 3. The van der Waals surface area contributed by atoms with E-state index in [0.717, 1.165) is 5.56 Å². The zero-order valence-electron chi connectivity index (χ0n) is 19.9. The topological polar surface area (TPSA) is 159 Å². The molecule has 5 N–H and O–H groups in total. The number of hydrogen-bond donors (Lipinski definition) is 4. The Kier molecular flexibility index (Phi) is 7.77. The normalized spacial score (nSPS) is 14.0. The molecule has 192 valence electrons. The van der Waals surface area contributed by atoms with Crippen LogP contribution in [0.15, 0.2) is 58.1 Å². The van der Waals surface area contributed by atoms with Crippen LogP contribution in [0.25, 0.3) is 11.0 Å². The number of nitrogens with two attached hydrogens (primary N) is 1. The molecular formula is C25H26N6O5S. The third-order valence-corrected chi connectivity index (χ3v) is 6.50. The molecule has 1 fully saturated rings. The van der Waals surface area contributed by atoms with Gasteiger partial charge in [0.1, 0.15) is 6.04 Å². The molecule has 0 radical (unpaired) electrons. The predicted octanol–water partition coefficient (Wildman–Crippen LogP) is 0.0131. The summed E-state index contributed by atoms with van der Waals surface area (Å²) in [6.07, 6.45) is 1.24. The molecule has 2 heterocycles. The fourth-order valence-electron chi connectivity index (χ4n) is 4.24. The third-order valence-electron chi connectivity index (χ3n) is 6.14. The Morgan fingerprint density at radius 2 is 1.76 bits per heavy atom. The van der Waals surface area contributed by atoms with E-state index in [-0.39, 0.29) is 36.5 Å². The highest BCUT2D eigenvalue weighted by molar-refractivity contribution is 7.80. The van der Waals surface area contributed by atoms with Crippen molar-refractivity contribution in [1.82, 2.24) is 25.1 Å². The van der Waals surface area contributed by atoms with E-state index in [1.54, 1.807) is 12.1 Å². The molecule has 1 aliphatic rings. The van der Waals surface area contributed by atoms with Gasteiger partial charge in [-0.15, -0.1) is 0 Å². The maximum absolute atomic E-state index is 13.2. The number of carbonyl (C=O) groups excluding carboxylic acids is 3. The van der Waals surface area contributed by atoms with Crippen LogP contribution < -0.4 is 27.5 Å². The van der Waals surface area contributed by atoms with Crippen LogP contribution in [-0.4, -0.2) is 56.4 Å². The van der Waals surface area contributed by atoms with Gasteiger partial charge in [0.15, 0.2) is 5.11 Å². The van der Waals surface area contributed by atoms with Crippen molar-refractivity contribution in [3.05, 3.63) is 80.4 Å². The molecule has 2 aromatic carbocycles. The first-order chi connectivity index (χ1) is 17.8. The molecule has 0 saturated carbocycles. The number of aromatic nitrogens is 2. The highest BCUT2D eigenvalue weighted by atomic mass is 32.1. The zero-order chi connectivity index (χ0) is 26.5. The molecule has 4 rings (SSSR count). The highest BCUT2D eigenvalue weighted by Crippen LogP contribution is 2.16. The Morgan fingerprint density at radius 1 is 1.03 bits per heavy atom. The Labute approximate surface area is 216 Å². The second-order valence-corrected chi connectivity index (χ2v) is 9.03. The van der Waals surface area contributed by atoms with E-state index in [4.69, 9.17) is 18.0 Å². The SMILES string of the molecule is NC(=O)[C@H](Cc1ccccc1)NC(=O)c1cccc2c1[nH]c(=O)c(=O)n2CCCCN1C(=O)CNC1=S. The van der Waals surface area contributed by atoms with Crippen molar-refractivity contribution >= 4 is 46.1 Å². The molecule has 1 atom stereocenters. The molecule has 1 aromatic heterocycles. The summed E-state index contributed by atoms with van der Waals surface area (Å²) in [4.78, 5) is 66.1. The molecule has 0 aliphatic carbocycles. The Morgan fingerprint density at radius 3 is 2.43 bits per heavy atom. The quantitative estimate of drug-likeness (QED) is 0.166. The van der Waals surface area contributed by atoms with Gasteiger partial charge in [0.25, 0.3) is 5.91 Å². The van der Waals surface area contributed by atoms with Crippen LogP contribution in [0.1, 0.15) is 28.8 Å². The Balaban J connectivity index is 1.55. The average molecular weight is 523 g/mol. The fourth-order valence-corrected chi connectivity index (χ4v) is 4.50. The smallest absolute Gasteiger partial charge is 0.316 e. The van der Waals surface area contributed by atoms with Crippen LogP contribution in [0.5, 0.6) is 0 Å². The van der Waals surface area contributed by atoms with Gasteiger partial charge < -0.3 is 25.9 Å². The number of fused-ring (bicyclic) bond motifs is 1. The predicted molar refractivity (Wildman–Crippen MR) is 141 cm³/mol. The summed E-state index contributed by atoms with van der Waals surface area (Å²) in [6.45, 7) is 0.762. The van der Waals surface area contributed by atoms with E-state index in [1.165, 1.54) is 15.5 Å². The largest absolute Gasteiger partial charge is 0.368 e. The first kappa shape index (κ1) is 25.8. The van der Waals surface area contributed by atoms with Gasteiger partial charge in [-0.25, -0.2) is 0 Å². The number of H-pyrrole nitrogens is 1. The van der Waals surface area contributed by atoms with Crippen molar-refractivity contribution in [1.29, 1.82) is 0 Å². The molecule has 12 heteroatoms. The molecule has 1 saturated heterocycles. The Hall–Kier alpha value is -4.32. The summed E-state index contributed by atoms with van der Waals surface area (Å²) in [5, 5.41) is 5.83. The zero-order valence-corrected chi connectivity index (χ0v) is 20.7. The summed E-state index contributed by atoms with van der Waals surface area (Å²) in [7, 11) is 0. The van der Waals surface area contributed by atoms with Gasteiger partial charge >= 0.3 is 11.1 Å². The minimum absolute atomic E-state index is 0.0988. The number of carbonyl (C=O) groups is 3. The van der Waals surface area contributed by atoms with Gasteiger partial charge in [-0.3, -0.25) is 28.9 Å². The van der Waals surface area contributed by atoms with E-state index < -0.39 is 29.0 Å². The molecule has 3 amide bonds. The van der Waals surface area contributed by atoms with E-state index in [2.05, 4.69) is 15.6 Å².